The molecule has 10 heteroatoms. The number of aromatic nitrogens is 2. The van der Waals surface area contributed by atoms with Crippen LogP contribution in [0.5, 0.6) is 0 Å². The van der Waals surface area contributed by atoms with E-state index >= 15 is 0 Å². The number of pyridine rings is 1. The van der Waals surface area contributed by atoms with Crippen molar-refractivity contribution in [3.8, 4) is 0 Å². The Morgan fingerprint density at radius 3 is 2.61 bits per heavy atom. The van der Waals surface area contributed by atoms with Crippen LogP contribution >= 0.6 is 50.5 Å². The highest BCUT2D eigenvalue weighted by Crippen LogP contribution is 2.28. The Kier molecular flexibility index (Phi) is 4.12. The third-order valence-corrected chi connectivity index (χ3v) is 5.45. The molecule has 2 heterocycles. The molecule has 0 bridgehead atoms. The van der Waals surface area contributed by atoms with Crippen LogP contribution in [0.4, 0.5) is 5.69 Å². The first-order valence-electron chi connectivity index (χ1n) is 4.34. The summed E-state index contributed by atoms with van der Waals surface area (Å²) in [6.07, 6.45) is 2.64. The van der Waals surface area contributed by atoms with Gasteiger partial charge in [-0.1, -0.05) is 34.5 Å². The zero-order valence-corrected chi connectivity index (χ0v) is 13.1. The molecule has 0 saturated carbocycles. The minimum absolute atomic E-state index is 0.00328. The number of rotatable bonds is 3. The molecule has 0 saturated heterocycles. The van der Waals surface area contributed by atoms with Gasteiger partial charge in [0.05, 0.1) is 11.9 Å². The summed E-state index contributed by atoms with van der Waals surface area (Å²) in [4.78, 5) is 7.49. The molecule has 0 unspecified atom stereocenters. The standard InChI is InChI=1S/C8H4BrCl2N3O2S2/c9-4-1-5(7(10)12-2-4)14-18(15,16)6-3-13-8(11)17-6/h1-3,14H. The lowest BCUT2D eigenvalue weighted by Gasteiger charge is -2.07. The maximum atomic E-state index is 12.0. The molecule has 2 aromatic heterocycles. The molecule has 0 spiro atoms. The van der Waals surface area contributed by atoms with Crippen LogP contribution in [0.1, 0.15) is 0 Å². The highest BCUT2D eigenvalue weighted by atomic mass is 79.9. The predicted molar refractivity (Wildman–Crippen MR) is 74.9 cm³/mol. The van der Waals surface area contributed by atoms with Crippen molar-refractivity contribution in [3.63, 3.8) is 0 Å². The second-order valence-corrected chi connectivity index (χ2v) is 7.83. The van der Waals surface area contributed by atoms with Gasteiger partial charge in [-0.25, -0.2) is 18.4 Å². The zero-order valence-electron chi connectivity index (χ0n) is 8.39. The van der Waals surface area contributed by atoms with E-state index in [2.05, 4.69) is 30.6 Å². The summed E-state index contributed by atoms with van der Waals surface area (Å²) in [5.41, 5.74) is 0.176. The zero-order chi connectivity index (χ0) is 13.3. The van der Waals surface area contributed by atoms with Gasteiger partial charge in [0.1, 0.15) is 0 Å². The molecule has 2 rings (SSSR count). The van der Waals surface area contributed by atoms with Gasteiger partial charge in [-0.3, -0.25) is 4.72 Å². The first-order valence-corrected chi connectivity index (χ1v) is 8.18. The highest BCUT2D eigenvalue weighted by molar-refractivity contribution is 9.10. The van der Waals surface area contributed by atoms with Crippen LogP contribution < -0.4 is 4.72 Å². The van der Waals surface area contributed by atoms with E-state index in [9.17, 15) is 8.42 Å². The third-order valence-electron chi connectivity index (χ3n) is 1.77. The normalized spacial score (nSPS) is 11.5. The maximum absolute atomic E-state index is 12.0. The first kappa shape index (κ1) is 14.0. The van der Waals surface area contributed by atoms with Crippen LogP contribution in [0.3, 0.4) is 0 Å². The van der Waals surface area contributed by atoms with Crippen molar-refractivity contribution in [3.05, 3.63) is 32.6 Å². The highest BCUT2D eigenvalue weighted by Gasteiger charge is 2.19. The average molecular weight is 389 g/mol. The average Bonchev–Trinajstić information content (AvgIpc) is 2.71. The molecule has 96 valence electrons. The smallest absolute Gasteiger partial charge is 0.273 e. The van der Waals surface area contributed by atoms with E-state index in [1.54, 1.807) is 0 Å². The molecule has 18 heavy (non-hydrogen) atoms. The number of thiazole rings is 1. The molecular formula is C8H4BrCl2N3O2S2. The number of nitrogens with zero attached hydrogens (tertiary/aromatic N) is 2. The summed E-state index contributed by atoms with van der Waals surface area (Å²) < 4.78 is 27.0. The summed E-state index contributed by atoms with van der Waals surface area (Å²) in [5, 5.41) is 0.0531. The van der Waals surface area contributed by atoms with Crippen molar-refractivity contribution in [1.82, 2.24) is 9.97 Å². The van der Waals surface area contributed by atoms with Gasteiger partial charge in [0.2, 0.25) is 0 Å². The number of sulfonamides is 1. The lowest BCUT2D eigenvalue weighted by atomic mass is 10.4. The Morgan fingerprint density at radius 1 is 1.28 bits per heavy atom. The molecule has 0 aromatic carbocycles. The minimum Gasteiger partial charge on any atom is -0.276 e. The van der Waals surface area contributed by atoms with Crippen LogP contribution in [0.2, 0.25) is 9.62 Å². The van der Waals surface area contributed by atoms with Gasteiger partial charge in [0.25, 0.3) is 10.0 Å². The Balaban J connectivity index is 2.36. The van der Waals surface area contributed by atoms with Crippen molar-refractivity contribution in [2.45, 2.75) is 4.21 Å². The van der Waals surface area contributed by atoms with Crippen molar-refractivity contribution < 1.29 is 8.42 Å². The molecule has 5 nitrogen and oxygen atoms in total. The fourth-order valence-electron chi connectivity index (χ4n) is 1.05. The van der Waals surface area contributed by atoms with E-state index in [4.69, 9.17) is 23.2 Å². The quantitative estimate of drug-likeness (QED) is 0.817. The molecule has 0 atom stereocenters. The third kappa shape index (κ3) is 3.12. The fourth-order valence-corrected chi connectivity index (χ4v) is 3.94. The van der Waals surface area contributed by atoms with Crippen LogP contribution in [0.25, 0.3) is 0 Å². The van der Waals surface area contributed by atoms with Gasteiger partial charge < -0.3 is 0 Å². The molecular weight excluding hydrogens is 385 g/mol. The molecule has 0 aliphatic rings. The number of halogens is 3. The summed E-state index contributed by atoms with van der Waals surface area (Å²) in [6, 6.07) is 1.51. The molecule has 0 aliphatic heterocycles. The Morgan fingerprint density at radius 2 is 2.00 bits per heavy atom. The number of nitrogens with one attached hydrogen (secondary N) is 1. The van der Waals surface area contributed by atoms with Gasteiger partial charge in [-0.15, -0.1) is 0 Å². The summed E-state index contributed by atoms with van der Waals surface area (Å²) in [5.74, 6) is 0. The number of hydrogen-bond acceptors (Lipinski definition) is 5. The molecule has 0 fully saturated rings. The van der Waals surface area contributed by atoms with E-state index in [0.717, 1.165) is 11.3 Å². The monoisotopic (exact) mass is 387 g/mol. The van der Waals surface area contributed by atoms with Crippen molar-refractivity contribution in [2.24, 2.45) is 0 Å². The van der Waals surface area contributed by atoms with Gasteiger partial charge >= 0.3 is 0 Å². The number of hydrogen-bond donors (Lipinski definition) is 1. The summed E-state index contributed by atoms with van der Waals surface area (Å²) in [7, 11) is -3.76. The SMILES string of the molecule is O=S(=O)(Nc1cc(Br)cnc1Cl)c1cnc(Cl)s1. The van der Waals surface area contributed by atoms with Gasteiger partial charge in [-0.2, -0.15) is 0 Å². The minimum atomic E-state index is -3.76. The van der Waals surface area contributed by atoms with E-state index < -0.39 is 10.0 Å². The molecule has 0 radical (unpaired) electrons. The maximum Gasteiger partial charge on any atom is 0.273 e. The Bertz CT molecular complexity index is 689. The molecule has 1 N–H and O–H groups in total. The molecule has 0 aliphatic carbocycles. The van der Waals surface area contributed by atoms with Gasteiger partial charge in [0, 0.05) is 10.7 Å². The first-order chi connectivity index (χ1) is 8.38. The van der Waals surface area contributed by atoms with Crippen molar-refractivity contribution >= 4 is 66.2 Å². The van der Waals surface area contributed by atoms with E-state index in [1.807, 2.05) is 0 Å². The Labute approximate surface area is 125 Å². The molecule has 2 aromatic rings. The van der Waals surface area contributed by atoms with Crippen LogP contribution in [-0.4, -0.2) is 18.4 Å². The van der Waals surface area contributed by atoms with Crippen molar-refractivity contribution in [1.29, 1.82) is 0 Å². The van der Waals surface area contributed by atoms with Crippen LogP contribution in [0.15, 0.2) is 27.1 Å². The lowest BCUT2D eigenvalue weighted by molar-refractivity contribution is 0.603. The summed E-state index contributed by atoms with van der Waals surface area (Å²) >= 11 is 15.4. The van der Waals surface area contributed by atoms with E-state index in [0.29, 0.717) is 4.47 Å². The second kappa shape index (κ2) is 5.30. The second-order valence-electron chi connectivity index (χ2n) is 3.03. The fraction of sp³-hybridized carbons (Fsp3) is 0. The van der Waals surface area contributed by atoms with Gasteiger partial charge in [-0.05, 0) is 22.0 Å². The lowest BCUT2D eigenvalue weighted by Crippen LogP contribution is -2.12. The van der Waals surface area contributed by atoms with Crippen molar-refractivity contribution in [2.75, 3.05) is 4.72 Å². The van der Waals surface area contributed by atoms with E-state index in [1.165, 1.54) is 18.5 Å². The summed E-state index contributed by atoms with van der Waals surface area (Å²) in [6.45, 7) is 0. The Hall–Kier alpha value is -0.410. The van der Waals surface area contributed by atoms with E-state index in [-0.39, 0.29) is 19.5 Å². The topological polar surface area (TPSA) is 72.0 Å². The largest absolute Gasteiger partial charge is 0.276 e. The number of anilines is 1. The molecule has 0 amide bonds. The predicted octanol–water partition coefficient (Wildman–Crippen LogP) is 3.41. The van der Waals surface area contributed by atoms with Gasteiger partial charge in [0.15, 0.2) is 13.8 Å². The van der Waals surface area contributed by atoms with Crippen LogP contribution in [0, 0.1) is 0 Å². The van der Waals surface area contributed by atoms with Crippen LogP contribution in [-0.2, 0) is 10.0 Å².